The van der Waals surface area contributed by atoms with E-state index in [1.54, 1.807) is 24.3 Å². The normalized spacial score (nSPS) is 23.0. The largest absolute Gasteiger partial charge is 0.495 e. The third kappa shape index (κ3) is 5.10. The smallest absolute Gasteiger partial charge is 0.248 e. The maximum Gasteiger partial charge on any atom is 0.248 e. The molecule has 11 heteroatoms. The van der Waals surface area contributed by atoms with E-state index in [0.717, 1.165) is 0 Å². The molecule has 42 heavy (non-hydrogen) atoms. The third-order valence-electron chi connectivity index (χ3n) is 7.90. The quantitative estimate of drug-likeness (QED) is 0.287. The van der Waals surface area contributed by atoms with Crippen LogP contribution in [-0.4, -0.2) is 36.9 Å². The summed E-state index contributed by atoms with van der Waals surface area (Å²) in [7, 11) is 1.40. The van der Waals surface area contributed by atoms with Crippen molar-refractivity contribution in [2.24, 2.45) is 11.1 Å². The lowest BCUT2D eigenvalue weighted by molar-refractivity contribution is -0.122. The van der Waals surface area contributed by atoms with Crippen molar-refractivity contribution in [1.82, 2.24) is 5.32 Å². The molecule has 4 atom stereocenters. The zero-order valence-electron chi connectivity index (χ0n) is 23.5. The summed E-state index contributed by atoms with van der Waals surface area (Å²) < 4.78 is 21.4. The van der Waals surface area contributed by atoms with Crippen LogP contribution < -0.4 is 26.4 Å². The van der Waals surface area contributed by atoms with Crippen LogP contribution in [0.5, 0.6) is 5.75 Å². The predicted molar refractivity (Wildman–Crippen MR) is 161 cm³/mol. The van der Waals surface area contributed by atoms with Crippen LogP contribution in [0.4, 0.5) is 15.8 Å². The molecular weight excluding hydrogens is 582 g/mol. The molecule has 220 valence electrons. The predicted octanol–water partition coefficient (Wildman–Crippen LogP) is 5.63. The van der Waals surface area contributed by atoms with Crippen molar-refractivity contribution in [2.45, 2.75) is 50.6 Å². The summed E-state index contributed by atoms with van der Waals surface area (Å²) in [6.45, 7) is 6.05. The number of fused-ring (bicyclic) bond motifs is 2. The summed E-state index contributed by atoms with van der Waals surface area (Å²) >= 11 is 12.6. The molecule has 3 amide bonds. The van der Waals surface area contributed by atoms with Gasteiger partial charge in [-0.05, 0) is 59.9 Å². The number of amides is 3. The van der Waals surface area contributed by atoms with E-state index in [-0.39, 0.29) is 33.0 Å². The first kappa shape index (κ1) is 29.8. The van der Waals surface area contributed by atoms with Crippen molar-refractivity contribution < 1.29 is 23.5 Å². The Morgan fingerprint density at radius 2 is 1.83 bits per heavy atom. The van der Waals surface area contributed by atoms with Crippen LogP contribution in [0.25, 0.3) is 0 Å². The number of rotatable bonds is 6. The van der Waals surface area contributed by atoms with Crippen molar-refractivity contribution in [3.63, 3.8) is 0 Å². The Hall–Kier alpha value is -3.66. The first-order chi connectivity index (χ1) is 19.8. The summed E-state index contributed by atoms with van der Waals surface area (Å²) in [5, 5.41) is 9.69. The van der Waals surface area contributed by atoms with Gasteiger partial charge < -0.3 is 26.4 Å². The summed E-state index contributed by atoms with van der Waals surface area (Å²) in [6, 6.07) is 12.3. The van der Waals surface area contributed by atoms with Gasteiger partial charge in [0.1, 0.15) is 17.0 Å². The Balaban J connectivity index is 1.70. The Kier molecular flexibility index (Phi) is 7.72. The molecule has 3 aromatic rings. The molecule has 5 rings (SSSR count). The molecule has 0 aromatic heterocycles. The van der Waals surface area contributed by atoms with Crippen LogP contribution in [-0.2, 0) is 15.0 Å². The van der Waals surface area contributed by atoms with E-state index in [9.17, 15) is 14.4 Å². The molecule has 0 aliphatic carbocycles. The second kappa shape index (κ2) is 10.9. The molecule has 3 aromatic carbocycles. The van der Waals surface area contributed by atoms with E-state index in [4.69, 9.17) is 33.7 Å². The number of halogens is 3. The van der Waals surface area contributed by atoms with Crippen LogP contribution in [0.3, 0.4) is 0 Å². The van der Waals surface area contributed by atoms with Crippen molar-refractivity contribution in [2.75, 3.05) is 17.7 Å². The van der Waals surface area contributed by atoms with Gasteiger partial charge in [-0.1, -0.05) is 56.1 Å². The number of primary amides is 1. The fraction of sp³-hybridized carbons (Fsp3) is 0.323. The van der Waals surface area contributed by atoms with Crippen molar-refractivity contribution >= 4 is 52.3 Å². The molecule has 0 bridgehead atoms. The fourth-order valence-corrected chi connectivity index (χ4v) is 6.76. The highest BCUT2D eigenvalue weighted by Crippen LogP contribution is 2.57. The Labute approximate surface area is 253 Å². The first-order valence-corrected chi connectivity index (χ1v) is 14.1. The number of benzene rings is 3. The average molecular weight is 614 g/mol. The van der Waals surface area contributed by atoms with Crippen LogP contribution in [0.1, 0.15) is 54.6 Å². The number of ether oxygens (including phenoxy) is 1. The molecule has 1 fully saturated rings. The van der Waals surface area contributed by atoms with Gasteiger partial charge in [0.25, 0.3) is 0 Å². The molecule has 2 heterocycles. The van der Waals surface area contributed by atoms with Gasteiger partial charge in [0.05, 0.1) is 18.8 Å². The second-order valence-corrected chi connectivity index (χ2v) is 12.8. The molecular formula is C31H31Cl2FN4O4. The topological polar surface area (TPSA) is 123 Å². The van der Waals surface area contributed by atoms with E-state index in [1.807, 2.05) is 20.8 Å². The number of anilines is 2. The maximum absolute atomic E-state index is 16.0. The van der Waals surface area contributed by atoms with Gasteiger partial charge in [-0.25, -0.2) is 4.39 Å². The number of hydrogen-bond donors (Lipinski definition) is 4. The minimum absolute atomic E-state index is 0.141. The zero-order valence-corrected chi connectivity index (χ0v) is 25.0. The summed E-state index contributed by atoms with van der Waals surface area (Å²) in [6.07, 6.45) is 0.430. The van der Waals surface area contributed by atoms with Gasteiger partial charge in [0.15, 0.2) is 0 Å². The second-order valence-electron chi connectivity index (χ2n) is 11.9. The van der Waals surface area contributed by atoms with Gasteiger partial charge in [-0.3, -0.25) is 14.4 Å². The van der Waals surface area contributed by atoms with Gasteiger partial charge >= 0.3 is 0 Å². The van der Waals surface area contributed by atoms with Gasteiger partial charge in [0.2, 0.25) is 17.7 Å². The first-order valence-electron chi connectivity index (χ1n) is 13.4. The lowest BCUT2D eigenvalue weighted by Gasteiger charge is -2.37. The highest BCUT2D eigenvalue weighted by atomic mass is 35.5. The molecule has 0 saturated carbocycles. The lowest BCUT2D eigenvalue weighted by atomic mass is 9.62. The molecule has 1 saturated heterocycles. The molecule has 5 N–H and O–H groups in total. The van der Waals surface area contributed by atoms with Crippen molar-refractivity contribution in [1.29, 1.82) is 0 Å². The standard InChI is InChI=1S/C31H31Cl2FN4O4/c1-30(2,3)14-23-31(25-19(34)12-18(33)13-21(25)37-29(31)41)24(15-6-5-7-17(32)10-15)26(38-23)28(40)36-20-9-8-16(27(35)39)11-22(20)42-4/h5-13,23-24,26,38H,14H2,1-4H3,(H2,35,39)(H,36,40)(H,37,41)/t23-,24-,26+,31+/m0/s1. The van der Waals surface area contributed by atoms with Crippen LogP contribution in [0.15, 0.2) is 54.6 Å². The van der Waals surface area contributed by atoms with Crippen molar-refractivity contribution in [3.05, 3.63) is 87.2 Å². The molecule has 1 spiro atoms. The molecule has 0 unspecified atom stereocenters. The number of carbonyl (C=O) groups excluding carboxylic acids is 3. The highest BCUT2D eigenvalue weighted by Gasteiger charge is 2.66. The average Bonchev–Trinajstić information content (AvgIpc) is 3.37. The van der Waals surface area contributed by atoms with E-state index < -0.39 is 47.0 Å². The lowest BCUT2D eigenvalue weighted by Crippen LogP contribution is -2.50. The van der Waals surface area contributed by atoms with Crippen molar-refractivity contribution in [3.8, 4) is 5.75 Å². The molecule has 8 nitrogen and oxygen atoms in total. The van der Waals surface area contributed by atoms with Crippen LogP contribution in [0.2, 0.25) is 10.0 Å². The highest BCUT2D eigenvalue weighted by molar-refractivity contribution is 6.31. The maximum atomic E-state index is 16.0. The van der Waals surface area contributed by atoms with E-state index in [1.165, 1.54) is 37.4 Å². The third-order valence-corrected chi connectivity index (χ3v) is 8.35. The van der Waals surface area contributed by atoms with E-state index >= 15 is 4.39 Å². The van der Waals surface area contributed by atoms with Gasteiger partial charge in [-0.2, -0.15) is 0 Å². The van der Waals surface area contributed by atoms with Crippen LogP contribution in [0, 0.1) is 11.2 Å². The number of hydrogen-bond acceptors (Lipinski definition) is 5. The fourth-order valence-electron chi connectivity index (χ4n) is 6.36. The molecule has 2 aliphatic heterocycles. The summed E-state index contributed by atoms with van der Waals surface area (Å²) in [4.78, 5) is 40.1. The van der Waals surface area contributed by atoms with E-state index in [2.05, 4.69) is 16.0 Å². The Morgan fingerprint density at radius 1 is 1.10 bits per heavy atom. The number of carbonyl (C=O) groups is 3. The minimum Gasteiger partial charge on any atom is -0.495 e. The SMILES string of the molecule is COc1cc(C(N)=O)ccc1NC(=O)[C@@H]1N[C@@H](CC(C)(C)C)[C@@]2(C(=O)Nc3cc(Cl)cc(F)c32)[C@H]1c1cccc(Cl)c1. The molecule has 0 radical (unpaired) electrons. The number of nitrogens with one attached hydrogen (secondary N) is 3. The van der Waals surface area contributed by atoms with Crippen LogP contribution >= 0.6 is 23.2 Å². The van der Waals surface area contributed by atoms with Gasteiger partial charge in [-0.15, -0.1) is 0 Å². The minimum atomic E-state index is -1.52. The number of nitrogens with two attached hydrogens (primary N) is 1. The zero-order chi connectivity index (χ0) is 30.6. The monoisotopic (exact) mass is 612 g/mol. The van der Waals surface area contributed by atoms with Gasteiger partial charge in [0, 0.05) is 38.8 Å². The summed E-state index contributed by atoms with van der Waals surface area (Å²) in [5.41, 5.74) is 5.08. The summed E-state index contributed by atoms with van der Waals surface area (Å²) in [5.74, 6) is -2.88. The number of methoxy groups -OCH3 is 1. The van der Waals surface area contributed by atoms with E-state index in [0.29, 0.717) is 22.7 Å². The Bertz CT molecular complexity index is 1610. The molecule has 2 aliphatic rings. The Morgan fingerprint density at radius 3 is 2.48 bits per heavy atom.